The molecule has 1 aromatic carbocycles. The number of rotatable bonds is 5. The van der Waals surface area contributed by atoms with Crippen molar-refractivity contribution in [3.8, 4) is 28.8 Å². The average Bonchev–Trinajstić information content (AvgIpc) is 3.52. The first-order chi connectivity index (χ1) is 16.5. The molecule has 0 unspecified atom stereocenters. The Hall–Kier alpha value is -4.17. The fraction of sp³-hybridized carbons (Fsp3) is 0.304. The minimum Gasteiger partial charge on any atom is -0.381 e. The lowest BCUT2D eigenvalue weighted by molar-refractivity contribution is 0.0661. The quantitative estimate of drug-likeness (QED) is 0.482. The van der Waals surface area contributed by atoms with Gasteiger partial charge in [-0.1, -0.05) is 17.3 Å². The highest BCUT2D eigenvalue weighted by molar-refractivity contribution is 5.69. The van der Waals surface area contributed by atoms with Crippen LogP contribution in [0.15, 0.2) is 36.7 Å². The Morgan fingerprint density at radius 1 is 1.24 bits per heavy atom. The van der Waals surface area contributed by atoms with Crippen LogP contribution in [0.2, 0.25) is 0 Å². The van der Waals surface area contributed by atoms with Gasteiger partial charge in [-0.3, -0.25) is 4.68 Å². The standard InChI is InChI=1S/C23H22FN9O/c1-14-15(11-25)3-2-4-18(14)23-27-21(20(24)22(26)28-23)19-13-32(31-29-19)12-16-5-8-33(30-16)17-6-9-34-10-7-17/h2-5,8,13,17H,6-7,9-10,12H2,1H3,(H2,26,27,28). The number of aromatic nitrogens is 7. The van der Waals surface area contributed by atoms with Gasteiger partial charge in [-0.15, -0.1) is 5.10 Å². The predicted molar refractivity (Wildman–Crippen MR) is 121 cm³/mol. The van der Waals surface area contributed by atoms with Gasteiger partial charge in [-0.25, -0.2) is 19.0 Å². The summed E-state index contributed by atoms with van der Waals surface area (Å²) in [5.41, 5.74) is 8.61. The van der Waals surface area contributed by atoms with Gasteiger partial charge in [-0.05, 0) is 37.5 Å². The van der Waals surface area contributed by atoms with Crippen molar-refractivity contribution in [1.29, 1.82) is 5.26 Å². The number of hydrogen-bond acceptors (Lipinski definition) is 8. The zero-order valence-electron chi connectivity index (χ0n) is 18.5. The van der Waals surface area contributed by atoms with E-state index in [4.69, 9.17) is 10.5 Å². The van der Waals surface area contributed by atoms with Crippen molar-refractivity contribution in [3.63, 3.8) is 0 Å². The van der Waals surface area contributed by atoms with Crippen LogP contribution in [-0.4, -0.2) is 48.0 Å². The van der Waals surface area contributed by atoms with Crippen LogP contribution >= 0.6 is 0 Å². The molecule has 1 aliphatic heterocycles. The molecule has 5 rings (SSSR count). The number of ether oxygens (including phenoxy) is 1. The second-order valence-corrected chi connectivity index (χ2v) is 8.12. The molecule has 2 N–H and O–H groups in total. The second kappa shape index (κ2) is 8.99. The lowest BCUT2D eigenvalue weighted by Gasteiger charge is -2.22. The van der Waals surface area contributed by atoms with E-state index in [9.17, 15) is 9.65 Å². The molecule has 1 aliphatic rings. The van der Waals surface area contributed by atoms with Crippen molar-refractivity contribution >= 4 is 5.82 Å². The average molecular weight is 459 g/mol. The van der Waals surface area contributed by atoms with Crippen LogP contribution in [0.5, 0.6) is 0 Å². The van der Waals surface area contributed by atoms with Crippen LogP contribution in [0.1, 0.15) is 35.7 Å². The first-order valence-electron chi connectivity index (χ1n) is 10.9. The summed E-state index contributed by atoms with van der Waals surface area (Å²) in [6, 6.07) is 9.57. The molecule has 10 nitrogen and oxygen atoms in total. The summed E-state index contributed by atoms with van der Waals surface area (Å²) in [4.78, 5) is 8.47. The fourth-order valence-corrected chi connectivity index (χ4v) is 4.02. The van der Waals surface area contributed by atoms with Crippen molar-refractivity contribution in [2.75, 3.05) is 18.9 Å². The van der Waals surface area contributed by atoms with E-state index in [2.05, 4.69) is 31.4 Å². The van der Waals surface area contributed by atoms with Gasteiger partial charge in [0.25, 0.3) is 0 Å². The highest BCUT2D eigenvalue weighted by Crippen LogP contribution is 2.28. The molecule has 0 atom stereocenters. The minimum atomic E-state index is -0.770. The van der Waals surface area contributed by atoms with Crippen molar-refractivity contribution in [3.05, 3.63) is 59.3 Å². The van der Waals surface area contributed by atoms with E-state index in [0.29, 0.717) is 29.3 Å². The number of nitrogen functional groups attached to an aromatic ring is 1. The Labute approximate surface area is 194 Å². The third-order valence-electron chi connectivity index (χ3n) is 5.91. The van der Waals surface area contributed by atoms with E-state index in [0.717, 1.165) is 31.7 Å². The molecule has 11 heteroatoms. The molecule has 1 saturated heterocycles. The first-order valence-corrected chi connectivity index (χ1v) is 10.9. The molecule has 4 aromatic rings. The van der Waals surface area contributed by atoms with Gasteiger partial charge in [0.15, 0.2) is 17.5 Å². The monoisotopic (exact) mass is 459 g/mol. The molecule has 0 aliphatic carbocycles. The van der Waals surface area contributed by atoms with E-state index in [1.165, 1.54) is 0 Å². The van der Waals surface area contributed by atoms with E-state index >= 15 is 0 Å². The summed E-state index contributed by atoms with van der Waals surface area (Å²) >= 11 is 0. The zero-order chi connectivity index (χ0) is 23.7. The Morgan fingerprint density at radius 3 is 2.85 bits per heavy atom. The van der Waals surface area contributed by atoms with Crippen LogP contribution in [0, 0.1) is 24.1 Å². The summed E-state index contributed by atoms with van der Waals surface area (Å²) in [5.74, 6) is -0.853. The summed E-state index contributed by atoms with van der Waals surface area (Å²) in [7, 11) is 0. The predicted octanol–water partition coefficient (Wildman–Crippen LogP) is 2.90. The molecule has 172 valence electrons. The lowest BCUT2D eigenvalue weighted by Crippen LogP contribution is -2.20. The zero-order valence-corrected chi connectivity index (χ0v) is 18.5. The van der Waals surface area contributed by atoms with Gasteiger partial charge >= 0.3 is 0 Å². The number of hydrogen-bond donors (Lipinski definition) is 1. The van der Waals surface area contributed by atoms with Crippen LogP contribution in [0.25, 0.3) is 22.8 Å². The molecule has 3 aromatic heterocycles. The van der Waals surface area contributed by atoms with Crippen molar-refractivity contribution in [2.45, 2.75) is 32.4 Å². The molecule has 4 heterocycles. The maximum Gasteiger partial charge on any atom is 0.193 e. The Kier molecular flexibility index (Phi) is 5.73. The lowest BCUT2D eigenvalue weighted by atomic mass is 10.0. The highest BCUT2D eigenvalue weighted by atomic mass is 19.1. The van der Waals surface area contributed by atoms with E-state index < -0.39 is 5.82 Å². The van der Waals surface area contributed by atoms with Gasteiger partial charge in [-0.2, -0.15) is 10.4 Å². The first kappa shape index (κ1) is 21.7. The maximum absolute atomic E-state index is 14.9. The Morgan fingerprint density at radius 2 is 2.06 bits per heavy atom. The van der Waals surface area contributed by atoms with Crippen LogP contribution in [0.4, 0.5) is 10.2 Å². The Balaban J connectivity index is 1.42. The number of nitriles is 1. The maximum atomic E-state index is 14.9. The van der Waals surface area contributed by atoms with Crippen molar-refractivity contribution in [2.24, 2.45) is 0 Å². The minimum absolute atomic E-state index is 0.0526. The molecule has 0 saturated carbocycles. The number of nitrogens with zero attached hydrogens (tertiary/aromatic N) is 8. The molecular weight excluding hydrogens is 437 g/mol. The number of anilines is 1. The molecule has 0 spiro atoms. The molecule has 0 amide bonds. The highest BCUT2D eigenvalue weighted by Gasteiger charge is 2.20. The van der Waals surface area contributed by atoms with Gasteiger partial charge in [0, 0.05) is 25.0 Å². The Bertz CT molecular complexity index is 1380. The van der Waals surface area contributed by atoms with E-state index in [1.54, 1.807) is 36.0 Å². The molecule has 0 bridgehead atoms. The summed E-state index contributed by atoms with van der Waals surface area (Å²) < 4.78 is 23.8. The molecule has 0 radical (unpaired) electrons. The third-order valence-corrected chi connectivity index (χ3v) is 5.91. The van der Waals surface area contributed by atoms with Crippen LogP contribution < -0.4 is 5.73 Å². The summed E-state index contributed by atoms with van der Waals surface area (Å²) in [6.45, 7) is 3.64. The number of nitrogens with two attached hydrogens (primary N) is 1. The SMILES string of the molecule is Cc1c(C#N)cccc1-c1nc(N)c(F)c(-c2cn(Cc3ccn(C4CCOCC4)n3)nn2)n1. The molecule has 1 fully saturated rings. The van der Waals surface area contributed by atoms with Crippen molar-refractivity contribution in [1.82, 2.24) is 34.7 Å². The van der Waals surface area contributed by atoms with Crippen molar-refractivity contribution < 1.29 is 9.13 Å². The second-order valence-electron chi connectivity index (χ2n) is 8.12. The van der Waals surface area contributed by atoms with E-state index in [1.807, 2.05) is 16.9 Å². The van der Waals surface area contributed by atoms with Gasteiger partial charge in [0.2, 0.25) is 0 Å². The smallest absolute Gasteiger partial charge is 0.193 e. The third kappa shape index (κ3) is 4.11. The number of benzene rings is 1. The van der Waals surface area contributed by atoms with Gasteiger partial charge in [0.05, 0.1) is 36.1 Å². The van der Waals surface area contributed by atoms with E-state index in [-0.39, 0.29) is 23.0 Å². The number of halogens is 1. The largest absolute Gasteiger partial charge is 0.381 e. The summed E-state index contributed by atoms with van der Waals surface area (Å²) in [6.07, 6.45) is 5.42. The van der Waals surface area contributed by atoms with Gasteiger partial charge in [0.1, 0.15) is 11.4 Å². The van der Waals surface area contributed by atoms with Gasteiger partial charge < -0.3 is 10.5 Å². The topological polar surface area (TPSA) is 133 Å². The van der Waals surface area contributed by atoms with Crippen LogP contribution in [-0.2, 0) is 11.3 Å². The fourth-order valence-electron chi connectivity index (χ4n) is 4.02. The normalized spacial score (nSPS) is 14.3. The molecule has 34 heavy (non-hydrogen) atoms. The van der Waals surface area contributed by atoms with Crippen LogP contribution in [0.3, 0.4) is 0 Å². The summed E-state index contributed by atoms with van der Waals surface area (Å²) in [5, 5.41) is 22.2. The molecular formula is C23H22FN9O.